The van der Waals surface area contributed by atoms with Gasteiger partial charge in [-0.3, -0.25) is 4.79 Å². The molecule has 1 atom stereocenters. The highest BCUT2D eigenvalue weighted by Gasteiger charge is 2.24. The van der Waals surface area contributed by atoms with Gasteiger partial charge in [-0.15, -0.1) is 0 Å². The SMILES string of the molecule is NCC1CCCN(C(=O)Cc2noc3ccccc23)C1. The Morgan fingerprint density at radius 1 is 1.45 bits per heavy atom. The van der Waals surface area contributed by atoms with Gasteiger partial charge in [0.15, 0.2) is 5.58 Å². The van der Waals surface area contributed by atoms with Crippen LogP contribution in [0.1, 0.15) is 18.5 Å². The van der Waals surface area contributed by atoms with E-state index in [2.05, 4.69) is 5.16 Å². The van der Waals surface area contributed by atoms with Crippen LogP contribution in [-0.2, 0) is 11.2 Å². The first-order chi connectivity index (χ1) is 9.78. The number of nitrogens with zero attached hydrogens (tertiary/aromatic N) is 2. The van der Waals surface area contributed by atoms with Crippen LogP contribution in [0.3, 0.4) is 0 Å². The summed E-state index contributed by atoms with van der Waals surface area (Å²) in [6, 6.07) is 7.63. The van der Waals surface area contributed by atoms with Crippen molar-refractivity contribution in [2.75, 3.05) is 19.6 Å². The molecule has 0 saturated carbocycles. The maximum absolute atomic E-state index is 12.4. The van der Waals surface area contributed by atoms with E-state index in [0.29, 0.717) is 18.9 Å². The average molecular weight is 273 g/mol. The molecular formula is C15H19N3O2. The van der Waals surface area contributed by atoms with E-state index in [9.17, 15) is 4.79 Å². The predicted molar refractivity (Wildman–Crippen MR) is 76.1 cm³/mol. The summed E-state index contributed by atoms with van der Waals surface area (Å²) in [7, 11) is 0. The summed E-state index contributed by atoms with van der Waals surface area (Å²) in [5.41, 5.74) is 7.16. The molecule has 1 aliphatic heterocycles. The van der Waals surface area contributed by atoms with Gasteiger partial charge in [-0.05, 0) is 37.4 Å². The van der Waals surface area contributed by atoms with Gasteiger partial charge in [0.2, 0.25) is 5.91 Å². The van der Waals surface area contributed by atoms with Gasteiger partial charge in [-0.1, -0.05) is 17.3 Å². The Morgan fingerprint density at radius 2 is 2.30 bits per heavy atom. The van der Waals surface area contributed by atoms with Crippen molar-refractivity contribution in [3.63, 3.8) is 0 Å². The van der Waals surface area contributed by atoms with E-state index < -0.39 is 0 Å². The first-order valence-corrected chi connectivity index (χ1v) is 7.09. The number of hydrogen-bond acceptors (Lipinski definition) is 4. The molecule has 1 unspecified atom stereocenters. The van der Waals surface area contributed by atoms with E-state index >= 15 is 0 Å². The van der Waals surface area contributed by atoms with E-state index in [-0.39, 0.29) is 5.91 Å². The number of nitrogens with two attached hydrogens (primary N) is 1. The molecule has 1 amide bonds. The molecule has 3 rings (SSSR count). The van der Waals surface area contributed by atoms with Crippen LogP contribution in [0.2, 0.25) is 0 Å². The fraction of sp³-hybridized carbons (Fsp3) is 0.467. The fourth-order valence-corrected chi connectivity index (χ4v) is 2.80. The maximum atomic E-state index is 12.4. The lowest BCUT2D eigenvalue weighted by molar-refractivity contribution is -0.132. The van der Waals surface area contributed by atoms with Gasteiger partial charge in [0.25, 0.3) is 0 Å². The second-order valence-corrected chi connectivity index (χ2v) is 5.39. The molecule has 0 aliphatic carbocycles. The number of carbonyl (C=O) groups excluding carboxylic acids is 1. The van der Waals surface area contributed by atoms with E-state index in [4.69, 9.17) is 10.3 Å². The smallest absolute Gasteiger partial charge is 0.228 e. The average Bonchev–Trinajstić information content (AvgIpc) is 2.90. The zero-order chi connectivity index (χ0) is 13.9. The molecule has 106 valence electrons. The molecule has 0 radical (unpaired) electrons. The van der Waals surface area contributed by atoms with Gasteiger partial charge in [-0.2, -0.15) is 0 Å². The van der Waals surface area contributed by atoms with Gasteiger partial charge >= 0.3 is 0 Å². The Morgan fingerprint density at radius 3 is 3.15 bits per heavy atom. The molecule has 2 aromatic rings. The normalized spacial score (nSPS) is 19.4. The minimum Gasteiger partial charge on any atom is -0.356 e. The number of rotatable bonds is 3. The zero-order valence-corrected chi connectivity index (χ0v) is 11.4. The number of hydrogen-bond donors (Lipinski definition) is 1. The van der Waals surface area contributed by atoms with Crippen molar-refractivity contribution >= 4 is 16.9 Å². The lowest BCUT2D eigenvalue weighted by atomic mass is 9.98. The molecule has 1 aromatic heterocycles. The van der Waals surface area contributed by atoms with Crippen molar-refractivity contribution in [2.45, 2.75) is 19.3 Å². The number of amides is 1. The summed E-state index contributed by atoms with van der Waals surface area (Å²) in [5, 5.41) is 4.95. The summed E-state index contributed by atoms with van der Waals surface area (Å²) in [5.74, 6) is 0.545. The fourth-order valence-electron chi connectivity index (χ4n) is 2.80. The Balaban J connectivity index is 1.72. The van der Waals surface area contributed by atoms with Gasteiger partial charge in [-0.25, -0.2) is 0 Å². The molecule has 5 heteroatoms. The second kappa shape index (κ2) is 5.63. The predicted octanol–water partition coefficient (Wildman–Crippen LogP) is 1.57. The summed E-state index contributed by atoms with van der Waals surface area (Å²) in [4.78, 5) is 14.3. The van der Waals surface area contributed by atoms with Crippen molar-refractivity contribution in [2.24, 2.45) is 11.7 Å². The number of likely N-dealkylation sites (tertiary alicyclic amines) is 1. The number of fused-ring (bicyclic) bond motifs is 1. The van der Waals surface area contributed by atoms with Crippen molar-refractivity contribution in [3.8, 4) is 0 Å². The molecule has 2 heterocycles. The Bertz CT molecular complexity index is 608. The van der Waals surface area contributed by atoms with Crippen LogP contribution in [0.25, 0.3) is 11.0 Å². The highest BCUT2D eigenvalue weighted by Crippen LogP contribution is 2.20. The molecule has 20 heavy (non-hydrogen) atoms. The molecule has 1 saturated heterocycles. The van der Waals surface area contributed by atoms with Gasteiger partial charge < -0.3 is 15.2 Å². The Kier molecular flexibility index (Phi) is 3.69. The molecule has 5 nitrogen and oxygen atoms in total. The van der Waals surface area contributed by atoms with Crippen molar-refractivity contribution in [3.05, 3.63) is 30.0 Å². The van der Waals surface area contributed by atoms with Crippen LogP contribution in [0, 0.1) is 5.92 Å². The summed E-state index contributed by atoms with van der Waals surface area (Å²) in [6.07, 6.45) is 2.45. The Hall–Kier alpha value is -1.88. The highest BCUT2D eigenvalue weighted by molar-refractivity contribution is 5.86. The van der Waals surface area contributed by atoms with E-state index in [0.717, 1.165) is 42.6 Å². The van der Waals surface area contributed by atoms with Gasteiger partial charge in [0, 0.05) is 18.5 Å². The monoisotopic (exact) mass is 273 g/mol. The van der Waals surface area contributed by atoms with Crippen molar-refractivity contribution < 1.29 is 9.32 Å². The van der Waals surface area contributed by atoms with E-state index in [1.165, 1.54) is 0 Å². The second-order valence-electron chi connectivity index (χ2n) is 5.39. The molecule has 0 bridgehead atoms. The van der Waals surface area contributed by atoms with E-state index in [1.54, 1.807) is 0 Å². The van der Waals surface area contributed by atoms with E-state index in [1.807, 2.05) is 29.2 Å². The van der Waals surface area contributed by atoms with Gasteiger partial charge in [0.1, 0.15) is 5.69 Å². The van der Waals surface area contributed by atoms with Crippen molar-refractivity contribution in [1.82, 2.24) is 10.1 Å². The number of aromatic nitrogens is 1. The van der Waals surface area contributed by atoms with Crippen LogP contribution in [-0.4, -0.2) is 35.6 Å². The first-order valence-electron chi connectivity index (χ1n) is 7.09. The number of benzene rings is 1. The zero-order valence-electron chi connectivity index (χ0n) is 11.4. The summed E-state index contributed by atoms with van der Waals surface area (Å²) < 4.78 is 5.24. The van der Waals surface area contributed by atoms with Crippen LogP contribution >= 0.6 is 0 Å². The third-order valence-electron chi connectivity index (χ3n) is 3.98. The molecule has 1 aromatic carbocycles. The van der Waals surface area contributed by atoms with Crippen LogP contribution < -0.4 is 5.73 Å². The summed E-state index contributed by atoms with van der Waals surface area (Å²) >= 11 is 0. The minimum atomic E-state index is 0.113. The third-order valence-corrected chi connectivity index (χ3v) is 3.98. The van der Waals surface area contributed by atoms with Crippen LogP contribution in [0.15, 0.2) is 28.8 Å². The Labute approximate surface area is 117 Å². The molecule has 1 aliphatic rings. The molecule has 1 fully saturated rings. The highest BCUT2D eigenvalue weighted by atomic mass is 16.5. The molecule has 0 spiro atoms. The standard InChI is InChI=1S/C15H19N3O2/c16-9-11-4-3-7-18(10-11)15(19)8-13-12-5-1-2-6-14(12)20-17-13/h1-2,5-6,11H,3-4,7-10,16H2. The van der Waals surface area contributed by atoms with Crippen LogP contribution in [0.4, 0.5) is 0 Å². The van der Waals surface area contributed by atoms with Gasteiger partial charge in [0.05, 0.1) is 6.42 Å². The minimum absolute atomic E-state index is 0.113. The number of piperidine rings is 1. The lowest BCUT2D eigenvalue weighted by Gasteiger charge is -2.32. The first kappa shape index (κ1) is 13.1. The topological polar surface area (TPSA) is 72.4 Å². The quantitative estimate of drug-likeness (QED) is 0.921. The number of para-hydroxylation sites is 1. The summed E-state index contributed by atoms with van der Waals surface area (Å²) in [6.45, 7) is 2.24. The largest absolute Gasteiger partial charge is 0.356 e. The van der Waals surface area contributed by atoms with Crippen LogP contribution in [0.5, 0.6) is 0 Å². The number of carbonyl (C=O) groups is 1. The lowest BCUT2D eigenvalue weighted by Crippen LogP contribution is -2.42. The maximum Gasteiger partial charge on any atom is 0.228 e. The molecule has 2 N–H and O–H groups in total. The van der Waals surface area contributed by atoms with Crippen molar-refractivity contribution in [1.29, 1.82) is 0 Å². The molecular weight excluding hydrogens is 254 g/mol. The third kappa shape index (κ3) is 2.54.